The molecular weight excluding hydrogens is 288 g/mol. The average Bonchev–Trinajstić information content (AvgIpc) is 2.44. The minimum atomic E-state index is -0.182. The number of halogens is 1. The van der Waals surface area contributed by atoms with Crippen LogP contribution in [0.3, 0.4) is 0 Å². The second kappa shape index (κ2) is 8.67. The van der Waals surface area contributed by atoms with Gasteiger partial charge in [-0.15, -0.1) is 0 Å². The Bertz CT molecular complexity index is 503. The van der Waals surface area contributed by atoms with Crippen LogP contribution in [0.15, 0.2) is 18.2 Å². The van der Waals surface area contributed by atoms with Crippen LogP contribution in [0.4, 0.5) is 5.69 Å². The second-order valence-electron chi connectivity index (χ2n) is 5.10. The molecule has 2 amide bonds. The predicted molar refractivity (Wildman–Crippen MR) is 86.8 cm³/mol. The molecule has 0 bridgehead atoms. The fourth-order valence-corrected chi connectivity index (χ4v) is 2.11. The predicted octanol–water partition coefficient (Wildman–Crippen LogP) is 3.31. The number of nitrogens with zero attached hydrogens (tertiary/aromatic N) is 1. The lowest BCUT2D eigenvalue weighted by molar-refractivity contribution is -0.123. The summed E-state index contributed by atoms with van der Waals surface area (Å²) in [5.41, 5.74) is 1.58. The van der Waals surface area contributed by atoms with E-state index in [-0.39, 0.29) is 18.4 Å². The number of aryl methyl sites for hydroxylation is 1. The maximum atomic E-state index is 11.9. The summed E-state index contributed by atoms with van der Waals surface area (Å²) >= 11 is 6.08. The first kappa shape index (κ1) is 17.5. The van der Waals surface area contributed by atoms with Gasteiger partial charge >= 0.3 is 0 Å². The van der Waals surface area contributed by atoms with Crippen molar-refractivity contribution < 1.29 is 9.59 Å². The Kier molecular flexibility index (Phi) is 7.23. The molecule has 0 radical (unpaired) electrons. The van der Waals surface area contributed by atoms with E-state index in [1.165, 1.54) is 11.8 Å². The molecule has 0 aromatic heterocycles. The highest BCUT2D eigenvalue weighted by Gasteiger charge is 2.16. The number of unbranched alkanes of at least 4 members (excludes halogenated alkanes) is 2. The van der Waals surface area contributed by atoms with Gasteiger partial charge < -0.3 is 10.2 Å². The number of nitrogens with one attached hydrogen (secondary N) is 1. The third-order valence-electron chi connectivity index (χ3n) is 3.25. The lowest BCUT2D eigenvalue weighted by Crippen LogP contribution is -2.40. The summed E-state index contributed by atoms with van der Waals surface area (Å²) in [6.45, 7) is 6.11. The van der Waals surface area contributed by atoms with Gasteiger partial charge in [0, 0.05) is 24.2 Å². The molecule has 1 aromatic rings. The van der Waals surface area contributed by atoms with E-state index in [0.29, 0.717) is 17.3 Å². The zero-order chi connectivity index (χ0) is 15.8. The van der Waals surface area contributed by atoms with E-state index in [2.05, 4.69) is 12.2 Å². The third kappa shape index (κ3) is 5.76. The van der Waals surface area contributed by atoms with Gasteiger partial charge in [0.05, 0.1) is 0 Å². The second-order valence-corrected chi connectivity index (χ2v) is 5.50. The zero-order valence-corrected chi connectivity index (χ0v) is 13.7. The number of amides is 2. The Balaban J connectivity index is 2.67. The molecule has 5 heteroatoms. The number of carbonyl (C=O) groups excluding carboxylic acids is 2. The molecule has 0 aliphatic rings. The van der Waals surface area contributed by atoms with Crippen LogP contribution >= 0.6 is 11.6 Å². The Labute approximate surface area is 131 Å². The van der Waals surface area contributed by atoms with Gasteiger partial charge in [-0.25, -0.2) is 0 Å². The number of carbonyl (C=O) groups is 2. The van der Waals surface area contributed by atoms with Crippen LogP contribution in [0.2, 0.25) is 5.02 Å². The molecule has 0 aliphatic heterocycles. The highest BCUT2D eigenvalue weighted by atomic mass is 35.5. The van der Waals surface area contributed by atoms with Crippen molar-refractivity contribution in [2.45, 2.75) is 40.0 Å². The third-order valence-corrected chi connectivity index (χ3v) is 3.66. The van der Waals surface area contributed by atoms with Crippen molar-refractivity contribution in [1.82, 2.24) is 5.32 Å². The SMILES string of the molecule is CCCCCNC(=O)CN(C(C)=O)c1ccc(C)c(Cl)c1. The zero-order valence-electron chi connectivity index (χ0n) is 12.9. The molecule has 1 N–H and O–H groups in total. The van der Waals surface area contributed by atoms with Crippen molar-refractivity contribution in [3.05, 3.63) is 28.8 Å². The molecule has 0 fully saturated rings. The van der Waals surface area contributed by atoms with Gasteiger partial charge in [0.15, 0.2) is 0 Å². The number of hydrogen-bond acceptors (Lipinski definition) is 2. The largest absolute Gasteiger partial charge is 0.355 e. The molecular formula is C16H23ClN2O2. The molecule has 0 saturated heterocycles. The highest BCUT2D eigenvalue weighted by Crippen LogP contribution is 2.23. The summed E-state index contributed by atoms with van der Waals surface area (Å²) in [7, 11) is 0. The number of rotatable bonds is 7. The first-order valence-electron chi connectivity index (χ1n) is 7.26. The average molecular weight is 311 g/mol. The standard InChI is InChI=1S/C16H23ClN2O2/c1-4-5-6-9-18-16(21)11-19(13(3)20)14-8-7-12(2)15(17)10-14/h7-8,10H,4-6,9,11H2,1-3H3,(H,18,21). The molecule has 1 aromatic carbocycles. The van der Waals surface area contributed by atoms with Crippen molar-refractivity contribution in [2.24, 2.45) is 0 Å². The Morgan fingerprint density at radius 1 is 1.29 bits per heavy atom. The summed E-state index contributed by atoms with van der Waals surface area (Å²) in [5, 5.41) is 3.42. The van der Waals surface area contributed by atoms with Crippen molar-refractivity contribution in [3.8, 4) is 0 Å². The summed E-state index contributed by atoms with van der Waals surface area (Å²) in [4.78, 5) is 25.1. The molecule has 116 valence electrons. The van der Waals surface area contributed by atoms with Crippen molar-refractivity contribution in [2.75, 3.05) is 18.0 Å². The maximum absolute atomic E-state index is 11.9. The van der Waals surface area contributed by atoms with Crippen LogP contribution in [-0.4, -0.2) is 24.9 Å². The topological polar surface area (TPSA) is 49.4 Å². The molecule has 0 heterocycles. The normalized spacial score (nSPS) is 10.3. The van der Waals surface area contributed by atoms with E-state index >= 15 is 0 Å². The van der Waals surface area contributed by atoms with Gasteiger partial charge in [0.25, 0.3) is 0 Å². The monoisotopic (exact) mass is 310 g/mol. The van der Waals surface area contributed by atoms with Crippen LogP contribution < -0.4 is 10.2 Å². The van der Waals surface area contributed by atoms with E-state index in [0.717, 1.165) is 24.8 Å². The van der Waals surface area contributed by atoms with E-state index in [1.807, 2.05) is 13.0 Å². The lowest BCUT2D eigenvalue weighted by atomic mass is 10.2. The van der Waals surface area contributed by atoms with Crippen LogP contribution in [0.5, 0.6) is 0 Å². The van der Waals surface area contributed by atoms with Gasteiger partial charge in [-0.1, -0.05) is 37.4 Å². The van der Waals surface area contributed by atoms with E-state index in [1.54, 1.807) is 12.1 Å². The molecule has 0 spiro atoms. The van der Waals surface area contributed by atoms with E-state index < -0.39 is 0 Å². The molecule has 0 atom stereocenters. The van der Waals surface area contributed by atoms with Gasteiger partial charge in [-0.05, 0) is 31.0 Å². The number of anilines is 1. The van der Waals surface area contributed by atoms with Crippen molar-refractivity contribution in [3.63, 3.8) is 0 Å². The van der Waals surface area contributed by atoms with Gasteiger partial charge in [0.1, 0.15) is 6.54 Å². The van der Waals surface area contributed by atoms with Crippen LogP contribution in [-0.2, 0) is 9.59 Å². The Morgan fingerprint density at radius 2 is 2.00 bits per heavy atom. The number of benzene rings is 1. The van der Waals surface area contributed by atoms with Crippen LogP contribution in [0, 0.1) is 6.92 Å². The smallest absolute Gasteiger partial charge is 0.240 e. The first-order chi connectivity index (χ1) is 9.95. The fraction of sp³-hybridized carbons (Fsp3) is 0.500. The maximum Gasteiger partial charge on any atom is 0.240 e. The summed E-state index contributed by atoms with van der Waals surface area (Å²) in [6.07, 6.45) is 3.15. The molecule has 4 nitrogen and oxygen atoms in total. The van der Waals surface area contributed by atoms with Crippen LogP contribution in [0.25, 0.3) is 0 Å². The summed E-state index contributed by atoms with van der Waals surface area (Å²) in [6, 6.07) is 5.35. The van der Waals surface area contributed by atoms with Crippen molar-refractivity contribution in [1.29, 1.82) is 0 Å². The fourth-order valence-electron chi connectivity index (χ4n) is 1.94. The molecule has 0 saturated carbocycles. The molecule has 0 unspecified atom stereocenters. The first-order valence-corrected chi connectivity index (χ1v) is 7.64. The van der Waals surface area contributed by atoms with Crippen LogP contribution in [0.1, 0.15) is 38.7 Å². The Morgan fingerprint density at radius 3 is 2.57 bits per heavy atom. The molecule has 1 rings (SSSR count). The minimum absolute atomic E-state index is 0.0147. The van der Waals surface area contributed by atoms with Gasteiger partial charge in [0.2, 0.25) is 11.8 Å². The molecule has 21 heavy (non-hydrogen) atoms. The summed E-state index contributed by atoms with van der Waals surface area (Å²) < 4.78 is 0. The van der Waals surface area contributed by atoms with E-state index in [9.17, 15) is 9.59 Å². The summed E-state index contributed by atoms with van der Waals surface area (Å²) in [5.74, 6) is -0.336. The van der Waals surface area contributed by atoms with Gasteiger partial charge in [-0.2, -0.15) is 0 Å². The highest BCUT2D eigenvalue weighted by molar-refractivity contribution is 6.31. The van der Waals surface area contributed by atoms with Crippen molar-refractivity contribution >= 4 is 29.1 Å². The number of hydrogen-bond donors (Lipinski definition) is 1. The van der Waals surface area contributed by atoms with Gasteiger partial charge in [-0.3, -0.25) is 9.59 Å². The molecule has 0 aliphatic carbocycles. The lowest BCUT2D eigenvalue weighted by Gasteiger charge is -2.21. The Hall–Kier alpha value is -1.55. The van der Waals surface area contributed by atoms with E-state index in [4.69, 9.17) is 11.6 Å². The quantitative estimate of drug-likeness (QED) is 0.786. The minimum Gasteiger partial charge on any atom is -0.355 e.